The minimum Gasteiger partial charge on any atom is -0.435 e. The Hall–Kier alpha value is -2.77. The van der Waals surface area contributed by atoms with Crippen molar-refractivity contribution in [3.63, 3.8) is 0 Å². The predicted octanol–water partition coefficient (Wildman–Crippen LogP) is 2.85. The number of nitrogens with zero attached hydrogens (tertiary/aromatic N) is 3. The molecule has 0 saturated carbocycles. The van der Waals surface area contributed by atoms with E-state index in [1.165, 1.54) is 12.4 Å². The van der Waals surface area contributed by atoms with Crippen LogP contribution in [0.3, 0.4) is 0 Å². The first-order valence-electron chi connectivity index (χ1n) is 6.24. The van der Waals surface area contributed by atoms with Crippen molar-refractivity contribution in [2.45, 2.75) is 19.8 Å². The van der Waals surface area contributed by atoms with E-state index in [4.69, 9.17) is 10.5 Å². The van der Waals surface area contributed by atoms with Crippen LogP contribution in [0.5, 0.6) is 11.6 Å². The summed E-state index contributed by atoms with van der Waals surface area (Å²) in [6.45, 7) is 1.95. The molecule has 0 saturated heterocycles. The van der Waals surface area contributed by atoms with Crippen LogP contribution in [-0.4, -0.2) is 14.9 Å². The van der Waals surface area contributed by atoms with Gasteiger partial charge in [-0.05, 0) is 12.5 Å². The zero-order chi connectivity index (χ0) is 15.4. The number of non-ortho nitro benzene ring substituents is 1. The highest BCUT2D eigenvalue weighted by Crippen LogP contribution is 2.30. The normalized spacial score (nSPS) is 10.4. The highest BCUT2D eigenvalue weighted by Gasteiger charge is 2.15. The molecule has 0 amide bonds. The molecule has 2 rings (SSSR count). The molecule has 0 fully saturated rings. The van der Waals surface area contributed by atoms with E-state index in [9.17, 15) is 14.5 Å². The van der Waals surface area contributed by atoms with Gasteiger partial charge in [0.05, 0.1) is 16.6 Å². The van der Waals surface area contributed by atoms with Gasteiger partial charge in [0.15, 0.2) is 11.6 Å². The number of nitro groups is 1. The average Bonchev–Trinajstić information content (AvgIpc) is 2.44. The van der Waals surface area contributed by atoms with Crippen molar-refractivity contribution in [3.8, 4) is 11.6 Å². The molecule has 0 atom stereocenters. The number of hydrogen-bond acceptors (Lipinski definition) is 6. The average molecular weight is 292 g/mol. The van der Waals surface area contributed by atoms with Crippen molar-refractivity contribution in [2.24, 2.45) is 0 Å². The van der Waals surface area contributed by atoms with Crippen LogP contribution in [-0.2, 0) is 6.42 Å². The van der Waals surface area contributed by atoms with Gasteiger partial charge < -0.3 is 10.5 Å². The first-order valence-corrected chi connectivity index (χ1v) is 6.24. The molecule has 1 aromatic carbocycles. The molecule has 110 valence electrons. The summed E-state index contributed by atoms with van der Waals surface area (Å²) in [6.07, 6.45) is 2.58. The van der Waals surface area contributed by atoms with Gasteiger partial charge >= 0.3 is 0 Å². The monoisotopic (exact) mass is 292 g/mol. The summed E-state index contributed by atoms with van der Waals surface area (Å²) < 4.78 is 19.2. The minimum absolute atomic E-state index is 0.150. The fourth-order valence-electron chi connectivity index (χ4n) is 1.77. The van der Waals surface area contributed by atoms with E-state index in [0.717, 1.165) is 18.6 Å². The molecule has 1 aromatic heterocycles. The molecule has 7 nitrogen and oxygen atoms in total. The Balaban J connectivity index is 2.34. The number of anilines is 1. The Morgan fingerprint density at radius 1 is 1.43 bits per heavy atom. The number of rotatable bonds is 5. The van der Waals surface area contributed by atoms with Crippen LogP contribution in [0.15, 0.2) is 24.5 Å². The van der Waals surface area contributed by atoms with E-state index in [0.29, 0.717) is 12.0 Å². The Morgan fingerprint density at radius 2 is 2.19 bits per heavy atom. The third kappa shape index (κ3) is 3.22. The van der Waals surface area contributed by atoms with Crippen LogP contribution < -0.4 is 10.5 Å². The molecule has 2 N–H and O–H groups in total. The molecule has 0 aliphatic heterocycles. The highest BCUT2D eigenvalue weighted by molar-refractivity contribution is 5.47. The van der Waals surface area contributed by atoms with Gasteiger partial charge in [-0.3, -0.25) is 10.1 Å². The zero-order valence-electron chi connectivity index (χ0n) is 11.2. The molecule has 0 unspecified atom stereocenters. The van der Waals surface area contributed by atoms with E-state index in [2.05, 4.69) is 9.97 Å². The second-order valence-electron chi connectivity index (χ2n) is 4.27. The predicted molar refractivity (Wildman–Crippen MR) is 73.6 cm³/mol. The van der Waals surface area contributed by atoms with E-state index in [1.54, 1.807) is 0 Å². The maximum absolute atomic E-state index is 13.8. The fourth-order valence-corrected chi connectivity index (χ4v) is 1.77. The SMILES string of the molecule is CCCc1c(N)ncnc1Oc1ccc([N+](=O)[O-])cc1F. The van der Waals surface area contributed by atoms with Gasteiger partial charge in [-0.1, -0.05) is 13.3 Å². The number of nitro benzene ring substituents is 1. The summed E-state index contributed by atoms with van der Waals surface area (Å²) in [7, 11) is 0. The number of nitrogen functional groups attached to an aromatic ring is 1. The lowest BCUT2D eigenvalue weighted by Crippen LogP contribution is -2.03. The molecule has 0 radical (unpaired) electrons. The Bertz CT molecular complexity index is 678. The molecule has 8 heteroatoms. The lowest BCUT2D eigenvalue weighted by Gasteiger charge is -2.11. The zero-order valence-corrected chi connectivity index (χ0v) is 11.2. The second kappa shape index (κ2) is 6.12. The van der Waals surface area contributed by atoms with Crippen LogP contribution >= 0.6 is 0 Å². The van der Waals surface area contributed by atoms with Crippen molar-refractivity contribution in [2.75, 3.05) is 5.73 Å². The summed E-state index contributed by atoms with van der Waals surface area (Å²) in [5.41, 5.74) is 5.98. The minimum atomic E-state index is -0.844. The van der Waals surface area contributed by atoms with Gasteiger partial charge in [0.25, 0.3) is 5.69 Å². The molecule has 0 aliphatic rings. The first-order chi connectivity index (χ1) is 10.0. The number of nitrogens with two attached hydrogens (primary N) is 1. The quantitative estimate of drug-likeness (QED) is 0.671. The smallest absolute Gasteiger partial charge is 0.272 e. The second-order valence-corrected chi connectivity index (χ2v) is 4.27. The fraction of sp³-hybridized carbons (Fsp3) is 0.231. The molecule has 0 bridgehead atoms. The van der Waals surface area contributed by atoms with Crippen molar-refractivity contribution in [3.05, 3.63) is 46.0 Å². The number of halogens is 1. The van der Waals surface area contributed by atoms with Crippen molar-refractivity contribution < 1.29 is 14.1 Å². The number of benzene rings is 1. The molecule has 0 aliphatic carbocycles. The maximum Gasteiger partial charge on any atom is 0.272 e. The maximum atomic E-state index is 13.8. The third-order valence-electron chi connectivity index (χ3n) is 2.77. The van der Waals surface area contributed by atoms with Crippen LogP contribution in [0, 0.1) is 15.9 Å². The number of aromatic nitrogens is 2. The summed E-state index contributed by atoms with van der Waals surface area (Å²) in [5, 5.41) is 10.6. The first kappa shape index (κ1) is 14.6. The van der Waals surface area contributed by atoms with Gasteiger partial charge in [0, 0.05) is 6.07 Å². The van der Waals surface area contributed by atoms with Crippen molar-refractivity contribution in [1.82, 2.24) is 9.97 Å². The van der Waals surface area contributed by atoms with E-state index in [1.807, 2.05) is 6.92 Å². The standard InChI is InChI=1S/C13H13FN4O3/c1-2-3-9-12(15)16-7-17-13(9)21-11-5-4-8(18(19)20)6-10(11)14/h4-7H,2-3H2,1H3,(H2,15,16,17). The molecule has 1 heterocycles. The van der Waals surface area contributed by atoms with Gasteiger partial charge in [0.2, 0.25) is 5.88 Å². The van der Waals surface area contributed by atoms with Gasteiger partial charge in [-0.15, -0.1) is 0 Å². The van der Waals surface area contributed by atoms with Crippen LogP contribution in [0.1, 0.15) is 18.9 Å². The summed E-state index contributed by atoms with van der Waals surface area (Å²) in [6, 6.07) is 3.13. The van der Waals surface area contributed by atoms with E-state index >= 15 is 0 Å². The molecule has 0 spiro atoms. The third-order valence-corrected chi connectivity index (χ3v) is 2.77. The van der Waals surface area contributed by atoms with Gasteiger partial charge in [0.1, 0.15) is 12.1 Å². The molecular formula is C13H13FN4O3. The number of hydrogen-bond donors (Lipinski definition) is 1. The largest absolute Gasteiger partial charge is 0.435 e. The van der Waals surface area contributed by atoms with Gasteiger partial charge in [-0.2, -0.15) is 0 Å². The Labute approximate surface area is 119 Å². The topological polar surface area (TPSA) is 104 Å². The van der Waals surface area contributed by atoms with Crippen LogP contribution in [0.2, 0.25) is 0 Å². The lowest BCUT2D eigenvalue weighted by atomic mass is 10.2. The van der Waals surface area contributed by atoms with Crippen LogP contribution in [0.25, 0.3) is 0 Å². The molecule has 21 heavy (non-hydrogen) atoms. The molecule has 2 aromatic rings. The Kier molecular flexibility index (Phi) is 4.27. The van der Waals surface area contributed by atoms with Gasteiger partial charge in [-0.25, -0.2) is 14.4 Å². The summed E-state index contributed by atoms with van der Waals surface area (Å²) in [4.78, 5) is 17.7. The molecular weight excluding hydrogens is 279 g/mol. The summed E-state index contributed by atoms with van der Waals surface area (Å²) >= 11 is 0. The van der Waals surface area contributed by atoms with Crippen LogP contribution in [0.4, 0.5) is 15.9 Å². The van der Waals surface area contributed by atoms with E-state index < -0.39 is 10.7 Å². The lowest BCUT2D eigenvalue weighted by molar-refractivity contribution is -0.385. The van der Waals surface area contributed by atoms with E-state index in [-0.39, 0.29) is 23.1 Å². The summed E-state index contributed by atoms with van der Waals surface area (Å²) in [5.74, 6) is -0.582. The highest BCUT2D eigenvalue weighted by atomic mass is 19.1. The number of ether oxygens (including phenoxy) is 1. The van der Waals surface area contributed by atoms with Crippen molar-refractivity contribution in [1.29, 1.82) is 0 Å². The van der Waals surface area contributed by atoms with Crippen molar-refractivity contribution >= 4 is 11.5 Å². The Morgan fingerprint density at radius 3 is 2.81 bits per heavy atom.